The van der Waals surface area contributed by atoms with Gasteiger partial charge in [-0.05, 0) is 56.7 Å². The third-order valence-corrected chi connectivity index (χ3v) is 6.70. The zero-order valence-electron chi connectivity index (χ0n) is 19.7. The van der Waals surface area contributed by atoms with E-state index in [-0.39, 0.29) is 12.1 Å². The summed E-state index contributed by atoms with van der Waals surface area (Å²) < 4.78 is 14.0. The van der Waals surface area contributed by atoms with Gasteiger partial charge in [-0.25, -0.2) is 9.48 Å². The lowest BCUT2D eigenvalue weighted by Gasteiger charge is -2.31. The van der Waals surface area contributed by atoms with Crippen LogP contribution >= 0.6 is 0 Å². The summed E-state index contributed by atoms with van der Waals surface area (Å²) >= 11 is 0. The van der Waals surface area contributed by atoms with Crippen LogP contribution in [0, 0.1) is 6.92 Å². The summed E-state index contributed by atoms with van der Waals surface area (Å²) in [6.07, 6.45) is 6.69. The van der Waals surface area contributed by atoms with Crippen LogP contribution in [0.25, 0.3) is 0 Å². The van der Waals surface area contributed by atoms with Gasteiger partial charge in [-0.1, -0.05) is 48.9 Å². The van der Waals surface area contributed by atoms with Crippen molar-refractivity contribution in [3.63, 3.8) is 0 Å². The van der Waals surface area contributed by atoms with Gasteiger partial charge in [0.05, 0.1) is 5.57 Å². The van der Waals surface area contributed by atoms with Crippen LogP contribution in [0.3, 0.4) is 0 Å². The molecule has 1 aliphatic heterocycles. The maximum absolute atomic E-state index is 13.5. The number of anilines is 1. The molecule has 1 aromatic heterocycles. The molecular formula is C27H30N4O3. The molecule has 2 heterocycles. The Hall–Kier alpha value is -3.61. The molecule has 0 amide bonds. The van der Waals surface area contributed by atoms with E-state index in [9.17, 15) is 4.79 Å². The molecule has 5 rings (SSSR count). The van der Waals surface area contributed by atoms with Crippen LogP contribution in [0.5, 0.6) is 5.75 Å². The van der Waals surface area contributed by atoms with Crippen LogP contribution in [0.15, 0.2) is 66.1 Å². The van der Waals surface area contributed by atoms with Crippen molar-refractivity contribution in [1.29, 1.82) is 0 Å². The van der Waals surface area contributed by atoms with Gasteiger partial charge in [-0.3, -0.25) is 0 Å². The average molecular weight is 459 g/mol. The molecule has 7 heteroatoms. The first-order chi connectivity index (χ1) is 16.6. The van der Waals surface area contributed by atoms with E-state index in [1.807, 2.05) is 43.3 Å². The molecule has 1 atom stereocenters. The Bertz CT molecular complexity index is 1210. The Balaban J connectivity index is 1.49. The van der Waals surface area contributed by atoms with Gasteiger partial charge in [0.15, 0.2) is 0 Å². The fraction of sp³-hybridized carbons (Fsp3) is 0.370. The average Bonchev–Trinajstić information content (AvgIpc) is 3.31. The van der Waals surface area contributed by atoms with E-state index in [0.717, 1.165) is 42.5 Å². The van der Waals surface area contributed by atoms with Gasteiger partial charge < -0.3 is 14.8 Å². The Morgan fingerprint density at radius 1 is 1.06 bits per heavy atom. The Labute approximate surface area is 199 Å². The summed E-state index contributed by atoms with van der Waals surface area (Å²) in [6, 6.07) is 15.5. The molecule has 1 aliphatic carbocycles. The molecule has 0 radical (unpaired) electrons. The third kappa shape index (κ3) is 4.42. The highest BCUT2D eigenvalue weighted by Crippen LogP contribution is 2.40. The van der Waals surface area contributed by atoms with Crippen molar-refractivity contribution < 1.29 is 14.3 Å². The number of carbonyl (C=O) groups excluding carboxylic acids is 1. The summed E-state index contributed by atoms with van der Waals surface area (Å²) in [5.41, 5.74) is 4.40. The number of nitrogens with zero attached hydrogens (tertiary/aromatic N) is 3. The number of para-hydroxylation sites is 1. The van der Waals surface area contributed by atoms with Gasteiger partial charge in [-0.2, -0.15) is 10.1 Å². The molecule has 0 bridgehead atoms. The van der Waals surface area contributed by atoms with Gasteiger partial charge in [0, 0.05) is 11.3 Å². The lowest BCUT2D eigenvalue weighted by Crippen LogP contribution is -2.32. The molecule has 0 spiro atoms. The molecule has 0 saturated heterocycles. The van der Waals surface area contributed by atoms with E-state index in [2.05, 4.69) is 34.5 Å². The van der Waals surface area contributed by atoms with Crippen molar-refractivity contribution >= 4 is 11.9 Å². The quantitative estimate of drug-likeness (QED) is 0.503. The monoisotopic (exact) mass is 458 g/mol. The number of aryl methyl sites for hydroxylation is 1. The maximum Gasteiger partial charge on any atom is 0.338 e. The molecule has 34 heavy (non-hydrogen) atoms. The predicted molar refractivity (Wildman–Crippen MR) is 129 cm³/mol. The maximum atomic E-state index is 13.5. The summed E-state index contributed by atoms with van der Waals surface area (Å²) in [5, 5.41) is 7.67. The van der Waals surface area contributed by atoms with Gasteiger partial charge in [-0.15, -0.1) is 0 Å². The van der Waals surface area contributed by atoms with E-state index in [1.54, 1.807) is 4.68 Å². The van der Waals surface area contributed by atoms with Crippen molar-refractivity contribution in [2.24, 2.45) is 0 Å². The lowest BCUT2D eigenvalue weighted by molar-refractivity contribution is -0.146. The van der Waals surface area contributed by atoms with Crippen molar-refractivity contribution in [3.05, 3.63) is 82.8 Å². The zero-order valence-corrected chi connectivity index (χ0v) is 19.7. The van der Waals surface area contributed by atoms with Crippen molar-refractivity contribution in [2.45, 2.75) is 64.7 Å². The number of hydrogen-bond acceptors (Lipinski definition) is 6. The molecule has 1 unspecified atom stereocenters. The van der Waals surface area contributed by atoms with E-state index in [4.69, 9.17) is 9.47 Å². The molecular weight excluding hydrogens is 428 g/mol. The highest BCUT2D eigenvalue weighted by atomic mass is 16.5. The molecule has 1 fully saturated rings. The summed E-state index contributed by atoms with van der Waals surface area (Å²) in [5.74, 6) is 0.983. The normalized spacial score (nSPS) is 18.2. The van der Waals surface area contributed by atoms with Crippen molar-refractivity contribution in [2.75, 3.05) is 5.32 Å². The summed E-state index contributed by atoms with van der Waals surface area (Å²) in [7, 11) is 0. The molecule has 1 N–H and O–H groups in total. The minimum atomic E-state index is -0.497. The van der Waals surface area contributed by atoms with Gasteiger partial charge in [0.2, 0.25) is 5.95 Å². The Morgan fingerprint density at radius 3 is 2.65 bits per heavy atom. The van der Waals surface area contributed by atoms with Crippen LogP contribution in [0.2, 0.25) is 0 Å². The second-order valence-corrected chi connectivity index (χ2v) is 9.01. The number of nitrogens with one attached hydrogen (secondary N) is 1. The van der Waals surface area contributed by atoms with Gasteiger partial charge in [0.1, 0.15) is 30.8 Å². The fourth-order valence-corrected chi connectivity index (χ4v) is 4.81. The molecule has 2 aromatic carbocycles. The molecule has 7 nitrogen and oxygen atoms in total. The first-order valence-electron chi connectivity index (χ1n) is 12.0. The molecule has 3 aromatic rings. The smallest absolute Gasteiger partial charge is 0.338 e. The number of esters is 1. The number of hydrogen-bond donors (Lipinski definition) is 1. The van der Waals surface area contributed by atoms with E-state index in [0.29, 0.717) is 23.9 Å². The molecule has 2 aliphatic rings. The van der Waals surface area contributed by atoms with Gasteiger partial charge in [0.25, 0.3) is 0 Å². The van der Waals surface area contributed by atoms with Crippen LogP contribution < -0.4 is 10.1 Å². The van der Waals surface area contributed by atoms with E-state index < -0.39 is 6.04 Å². The summed E-state index contributed by atoms with van der Waals surface area (Å²) in [6.45, 7) is 4.40. The Kier molecular flexibility index (Phi) is 6.34. The number of benzene rings is 2. The van der Waals surface area contributed by atoms with Crippen LogP contribution in [-0.2, 0) is 16.1 Å². The number of ether oxygens (including phenoxy) is 2. The fourth-order valence-electron chi connectivity index (χ4n) is 4.81. The Morgan fingerprint density at radius 2 is 1.82 bits per heavy atom. The highest BCUT2D eigenvalue weighted by molar-refractivity contribution is 5.92. The summed E-state index contributed by atoms with van der Waals surface area (Å²) in [4.78, 5) is 17.8. The first kappa shape index (κ1) is 22.2. The largest absolute Gasteiger partial charge is 0.489 e. The zero-order chi connectivity index (χ0) is 23.5. The topological polar surface area (TPSA) is 78.3 Å². The number of rotatable bonds is 6. The van der Waals surface area contributed by atoms with Gasteiger partial charge >= 0.3 is 5.97 Å². The van der Waals surface area contributed by atoms with E-state index in [1.165, 1.54) is 18.3 Å². The predicted octanol–water partition coefficient (Wildman–Crippen LogP) is 5.33. The second kappa shape index (κ2) is 9.71. The highest BCUT2D eigenvalue weighted by Gasteiger charge is 2.37. The minimum absolute atomic E-state index is 0.0353. The number of aromatic nitrogens is 3. The number of fused-ring (bicyclic) bond motifs is 1. The molecule has 1 saturated carbocycles. The lowest BCUT2D eigenvalue weighted by atomic mass is 9.94. The second-order valence-electron chi connectivity index (χ2n) is 9.01. The van der Waals surface area contributed by atoms with Crippen molar-refractivity contribution in [1.82, 2.24) is 14.8 Å². The SMILES string of the molecule is CC1=C(C(=O)OC2CCCCC2)C(c2ccccc2OCc2ccccc2C)n2ncnc2N1. The van der Waals surface area contributed by atoms with Crippen LogP contribution in [0.4, 0.5) is 5.95 Å². The minimum Gasteiger partial charge on any atom is -0.489 e. The van der Waals surface area contributed by atoms with Crippen molar-refractivity contribution in [3.8, 4) is 5.75 Å². The third-order valence-electron chi connectivity index (χ3n) is 6.70. The van der Waals surface area contributed by atoms with Crippen LogP contribution in [-0.4, -0.2) is 26.8 Å². The number of allylic oxidation sites excluding steroid dienone is 1. The first-order valence-corrected chi connectivity index (χ1v) is 12.0. The van der Waals surface area contributed by atoms with E-state index >= 15 is 0 Å². The molecule has 176 valence electrons. The van der Waals surface area contributed by atoms with Crippen LogP contribution in [0.1, 0.15) is 61.8 Å². The number of carbonyl (C=O) groups is 1. The standard InChI is InChI=1S/C27H30N4O3/c1-18-10-6-7-11-20(18)16-33-23-15-9-8-14-22(23)25-24(19(2)30-27-28-17-29-31(25)27)26(32)34-21-12-4-3-5-13-21/h6-11,14-15,17,21,25H,3-5,12-13,16H2,1-2H3,(H,28,29,30).